The number of carbonyl (C=O) groups is 3. The summed E-state index contributed by atoms with van der Waals surface area (Å²) in [5.41, 5.74) is -2.97. The zero-order valence-corrected chi connectivity index (χ0v) is 9.82. The Morgan fingerprint density at radius 1 is 1.16 bits per heavy atom. The molecule has 19 heavy (non-hydrogen) atoms. The minimum Gasteiger partial charge on any atom is -0.480 e. The van der Waals surface area contributed by atoms with Crippen LogP contribution in [0.25, 0.3) is 0 Å². The first kappa shape index (κ1) is 14.4. The summed E-state index contributed by atoms with van der Waals surface area (Å²) >= 11 is 0. The number of aliphatic carboxylic acids is 1. The summed E-state index contributed by atoms with van der Waals surface area (Å²) in [6.45, 7) is -0.309. The maximum Gasteiger partial charge on any atom is 0.342 e. The quantitative estimate of drug-likeness (QED) is 0.656. The van der Waals surface area contributed by atoms with Crippen LogP contribution >= 0.6 is 0 Å². The highest BCUT2D eigenvalue weighted by Crippen LogP contribution is 1.91. The van der Waals surface area contributed by atoms with Crippen LogP contribution in [0.3, 0.4) is 0 Å². The molecule has 0 aliphatic heterocycles. The Kier molecular flexibility index (Phi) is 4.00. The van der Waals surface area contributed by atoms with Crippen LogP contribution in [-0.4, -0.2) is 37.1 Å². The predicted octanol–water partition coefficient (Wildman–Crippen LogP) is -1.62. The number of hydrogen-bond donors (Lipinski definition) is 2. The summed E-state index contributed by atoms with van der Waals surface area (Å²) in [5, 5.41) is 17.4. The van der Waals surface area contributed by atoms with Crippen molar-refractivity contribution in [3.05, 3.63) is 32.6 Å². The number of nitrogens with zero attached hydrogens (tertiary/aromatic N) is 2. The smallest absolute Gasteiger partial charge is 0.342 e. The second kappa shape index (κ2) is 5.29. The molecule has 9 nitrogen and oxygen atoms in total. The first-order valence-electron chi connectivity index (χ1n) is 5.03. The summed E-state index contributed by atoms with van der Waals surface area (Å²) in [6, 6.07) is 0. The van der Waals surface area contributed by atoms with E-state index in [0.717, 1.165) is 6.92 Å². The van der Waals surface area contributed by atoms with E-state index in [1.807, 2.05) is 0 Å². The predicted molar refractivity (Wildman–Crippen MR) is 60.2 cm³/mol. The van der Waals surface area contributed by atoms with E-state index in [4.69, 9.17) is 10.2 Å². The lowest BCUT2D eigenvalue weighted by Gasteiger charge is -2.08. The molecule has 0 aliphatic rings. The second-order valence-electron chi connectivity index (χ2n) is 3.75. The van der Waals surface area contributed by atoms with E-state index in [0.29, 0.717) is 15.3 Å². The average molecular weight is 270 g/mol. The van der Waals surface area contributed by atoms with Crippen molar-refractivity contribution < 1.29 is 24.6 Å². The number of carboxylic acids is 2. The van der Waals surface area contributed by atoms with Gasteiger partial charge in [0.1, 0.15) is 17.9 Å². The van der Waals surface area contributed by atoms with Gasteiger partial charge in [-0.3, -0.25) is 23.5 Å². The van der Waals surface area contributed by atoms with E-state index < -0.39 is 47.6 Å². The molecule has 0 aliphatic carbocycles. The molecule has 1 rings (SSSR count). The highest BCUT2D eigenvalue weighted by molar-refractivity contribution is 5.87. The van der Waals surface area contributed by atoms with Gasteiger partial charge in [-0.2, -0.15) is 0 Å². The van der Waals surface area contributed by atoms with Crippen molar-refractivity contribution >= 4 is 17.7 Å². The summed E-state index contributed by atoms with van der Waals surface area (Å²) in [5.74, 6) is -3.53. The number of aromatic nitrogens is 2. The summed E-state index contributed by atoms with van der Waals surface area (Å²) in [7, 11) is 0. The minimum atomic E-state index is -1.61. The molecule has 0 saturated heterocycles. The van der Waals surface area contributed by atoms with Crippen LogP contribution < -0.4 is 11.2 Å². The molecule has 1 heterocycles. The van der Waals surface area contributed by atoms with Gasteiger partial charge < -0.3 is 10.2 Å². The lowest BCUT2D eigenvalue weighted by Crippen LogP contribution is -2.44. The van der Waals surface area contributed by atoms with E-state index in [1.165, 1.54) is 0 Å². The monoisotopic (exact) mass is 270 g/mol. The largest absolute Gasteiger partial charge is 0.480 e. The van der Waals surface area contributed by atoms with Gasteiger partial charge >= 0.3 is 17.6 Å². The molecule has 2 N–H and O–H groups in total. The Morgan fingerprint density at radius 3 is 2.16 bits per heavy atom. The number of carboxylic acid groups (broad SMARTS) is 2. The second-order valence-corrected chi connectivity index (χ2v) is 3.75. The maximum absolute atomic E-state index is 11.8. The summed E-state index contributed by atoms with van der Waals surface area (Å²) in [4.78, 5) is 55.8. The molecule has 1 aromatic rings. The Labute approximate surface area is 105 Å². The molecule has 0 fully saturated rings. The fourth-order valence-electron chi connectivity index (χ4n) is 1.42. The van der Waals surface area contributed by atoms with Gasteiger partial charge in [0.15, 0.2) is 0 Å². The minimum absolute atomic E-state index is 0.398. The molecule has 0 unspecified atom stereocenters. The number of carbonyl (C=O) groups excluding carboxylic acids is 1. The van der Waals surface area contributed by atoms with E-state index >= 15 is 0 Å². The number of aromatic carboxylic acids is 1. The van der Waals surface area contributed by atoms with Crippen LogP contribution in [0.1, 0.15) is 17.3 Å². The van der Waals surface area contributed by atoms with Gasteiger partial charge in [0, 0.05) is 6.20 Å². The van der Waals surface area contributed by atoms with Crippen molar-refractivity contribution in [2.75, 3.05) is 0 Å². The maximum atomic E-state index is 11.8. The highest BCUT2D eigenvalue weighted by atomic mass is 16.4. The molecule has 9 heteroatoms. The van der Waals surface area contributed by atoms with Gasteiger partial charge in [0.2, 0.25) is 0 Å². The van der Waals surface area contributed by atoms with Crippen molar-refractivity contribution in [1.82, 2.24) is 9.13 Å². The Hall–Kier alpha value is -2.71. The van der Waals surface area contributed by atoms with Crippen LogP contribution in [0.15, 0.2) is 15.8 Å². The molecule has 1 aromatic heterocycles. The van der Waals surface area contributed by atoms with Gasteiger partial charge in [-0.05, 0) is 6.92 Å². The molecular formula is C10H10N2O7. The van der Waals surface area contributed by atoms with Gasteiger partial charge in [-0.1, -0.05) is 0 Å². The third kappa shape index (κ3) is 3.15. The van der Waals surface area contributed by atoms with Crippen molar-refractivity contribution in [2.45, 2.75) is 20.0 Å². The van der Waals surface area contributed by atoms with Crippen LogP contribution in [0.2, 0.25) is 0 Å². The molecule has 102 valence electrons. The Morgan fingerprint density at radius 2 is 1.74 bits per heavy atom. The fraction of sp³-hybridized carbons (Fsp3) is 0.300. The zero-order valence-electron chi connectivity index (χ0n) is 9.82. The first-order valence-corrected chi connectivity index (χ1v) is 5.03. The van der Waals surface area contributed by atoms with Crippen LogP contribution in [-0.2, 0) is 22.7 Å². The Balaban J connectivity index is 3.60. The van der Waals surface area contributed by atoms with Crippen molar-refractivity contribution in [1.29, 1.82) is 0 Å². The van der Waals surface area contributed by atoms with Crippen LogP contribution in [0.4, 0.5) is 0 Å². The number of Topliss-reactive ketones (excluding diaryl/α,β-unsaturated/α-hetero) is 1. The summed E-state index contributed by atoms with van der Waals surface area (Å²) < 4.78 is 0.949. The van der Waals surface area contributed by atoms with Gasteiger partial charge in [0.05, 0.1) is 6.54 Å². The van der Waals surface area contributed by atoms with Crippen molar-refractivity contribution in [3.63, 3.8) is 0 Å². The molecule has 0 spiro atoms. The normalized spacial score (nSPS) is 10.2. The molecular weight excluding hydrogens is 260 g/mol. The van der Waals surface area contributed by atoms with E-state index in [2.05, 4.69) is 0 Å². The molecule has 0 bridgehead atoms. The van der Waals surface area contributed by atoms with Crippen molar-refractivity contribution in [3.8, 4) is 0 Å². The molecule has 0 saturated carbocycles. The number of hydrogen-bond acceptors (Lipinski definition) is 5. The third-order valence-corrected chi connectivity index (χ3v) is 2.15. The lowest BCUT2D eigenvalue weighted by atomic mass is 10.3. The first-order chi connectivity index (χ1) is 8.73. The fourth-order valence-corrected chi connectivity index (χ4v) is 1.42. The number of rotatable bonds is 5. The molecule has 0 amide bonds. The average Bonchev–Trinajstić information content (AvgIpc) is 2.26. The van der Waals surface area contributed by atoms with Gasteiger partial charge in [0.25, 0.3) is 5.56 Å². The number of ketones is 1. The van der Waals surface area contributed by atoms with Crippen LogP contribution in [0, 0.1) is 0 Å². The highest BCUT2D eigenvalue weighted by Gasteiger charge is 2.18. The summed E-state index contributed by atoms with van der Waals surface area (Å²) in [6.07, 6.45) is 0.651. The lowest BCUT2D eigenvalue weighted by molar-refractivity contribution is -0.137. The van der Waals surface area contributed by atoms with E-state index in [-0.39, 0.29) is 0 Å². The molecule has 0 atom stereocenters. The van der Waals surface area contributed by atoms with Crippen molar-refractivity contribution in [2.24, 2.45) is 0 Å². The van der Waals surface area contributed by atoms with Gasteiger partial charge in [-0.15, -0.1) is 0 Å². The Bertz CT molecular complexity index is 667. The van der Waals surface area contributed by atoms with E-state index in [1.54, 1.807) is 0 Å². The van der Waals surface area contributed by atoms with E-state index in [9.17, 15) is 24.0 Å². The molecule has 0 radical (unpaired) electrons. The van der Waals surface area contributed by atoms with Crippen LogP contribution in [0.5, 0.6) is 0 Å². The zero-order chi connectivity index (χ0) is 14.7. The molecule has 0 aromatic carbocycles. The SMILES string of the molecule is CC(=O)Cn1c(=O)c(C(=O)O)cn(CC(=O)O)c1=O. The standard InChI is InChI=1S/C10H10N2O7/c1-5(13)2-12-8(16)6(9(17)18)3-11(10(12)19)4-7(14)15/h3H,2,4H2,1H3,(H,14,15)(H,17,18). The third-order valence-electron chi connectivity index (χ3n) is 2.15. The topological polar surface area (TPSA) is 136 Å². The van der Waals surface area contributed by atoms with Gasteiger partial charge in [-0.25, -0.2) is 9.59 Å².